The number of hydrogen-bond donors (Lipinski definition) is 1. The van der Waals surface area contributed by atoms with Gasteiger partial charge in [0.05, 0.1) is 12.6 Å². The third-order valence-electron chi connectivity index (χ3n) is 4.32. The van der Waals surface area contributed by atoms with Crippen molar-refractivity contribution in [1.29, 1.82) is 0 Å². The van der Waals surface area contributed by atoms with E-state index in [1.165, 1.54) is 17.7 Å². The van der Waals surface area contributed by atoms with Crippen molar-refractivity contribution in [1.82, 2.24) is 10.2 Å². The van der Waals surface area contributed by atoms with E-state index in [0.29, 0.717) is 6.54 Å². The minimum absolute atomic E-state index is 0.0809. The lowest BCUT2D eigenvalue weighted by atomic mass is 9.98. The molecular formula is C22H22F2N2O2S. The molecule has 0 aliphatic rings. The van der Waals surface area contributed by atoms with Gasteiger partial charge >= 0.3 is 6.61 Å². The predicted octanol–water partition coefficient (Wildman–Crippen LogP) is 4.69. The number of halogens is 2. The molecule has 0 saturated heterocycles. The molecule has 1 heterocycles. The molecule has 1 atom stereocenters. The monoisotopic (exact) mass is 416 g/mol. The van der Waals surface area contributed by atoms with Crippen LogP contribution in [0.4, 0.5) is 8.78 Å². The summed E-state index contributed by atoms with van der Waals surface area (Å²) in [4.78, 5) is 14.6. The number of benzene rings is 2. The van der Waals surface area contributed by atoms with E-state index in [0.717, 1.165) is 11.1 Å². The summed E-state index contributed by atoms with van der Waals surface area (Å²) in [5, 5.41) is 7.12. The van der Waals surface area contributed by atoms with Crippen molar-refractivity contribution in [3.05, 3.63) is 88.1 Å². The highest BCUT2D eigenvalue weighted by Gasteiger charge is 2.18. The molecular weight excluding hydrogens is 394 g/mol. The maximum atomic E-state index is 12.7. The predicted molar refractivity (Wildman–Crippen MR) is 110 cm³/mol. The molecule has 1 amide bonds. The topological polar surface area (TPSA) is 41.6 Å². The van der Waals surface area contributed by atoms with Crippen LogP contribution in [-0.4, -0.2) is 31.0 Å². The maximum absolute atomic E-state index is 12.7. The Morgan fingerprint density at radius 1 is 1.07 bits per heavy atom. The smallest absolute Gasteiger partial charge is 0.387 e. The van der Waals surface area contributed by atoms with Gasteiger partial charge in [0.15, 0.2) is 0 Å². The molecule has 0 spiro atoms. The Labute approximate surface area is 172 Å². The van der Waals surface area contributed by atoms with Crippen LogP contribution in [0.3, 0.4) is 0 Å². The van der Waals surface area contributed by atoms with Crippen molar-refractivity contribution in [3.63, 3.8) is 0 Å². The Balaban J connectivity index is 1.71. The molecule has 7 heteroatoms. The number of likely N-dealkylation sites (N-methyl/N-ethyl adjacent to an activating group) is 1. The van der Waals surface area contributed by atoms with Gasteiger partial charge in [-0.3, -0.25) is 9.69 Å². The molecule has 3 rings (SSSR count). The standard InChI is InChI=1S/C22H22F2N2O2S/c1-26(13-16-11-12-29-15-16)14-20(27)25-21(17-5-3-2-4-6-17)18-7-9-19(10-8-18)28-22(23)24/h2-12,15,21-22H,13-14H2,1H3,(H,25,27)/t21-/m1/s1. The van der Waals surface area contributed by atoms with Crippen LogP contribution in [0.15, 0.2) is 71.4 Å². The number of carbonyl (C=O) groups is 1. The Bertz CT molecular complexity index is 887. The lowest BCUT2D eigenvalue weighted by Crippen LogP contribution is -2.37. The zero-order chi connectivity index (χ0) is 20.6. The number of nitrogens with one attached hydrogen (secondary N) is 1. The van der Waals surface area contributed by atoms with Crippen LogP contribution < -0.4 is 10.1 Å². The van der Waals surface area contributed by atoms with Gasteiger partial charge in [0.25, 0.3) is 0 Å². The zero-order valence-corrected chi connectivity index (χ0v) is 16.7. The fourth-order valence-electron chi connectivity index (χ4n) is 3.05. The Kier molecular flexibility index (Phi) is 7.32. The van der Waals surface area contributed by atoms with Crippen molar-refractivity contribution in [2.45, 2.75) is 19.2 Å². The lowest BCUT2D eigenvalue weighted by Gasteiger charge is -2.22. The van der Waals surface area contributed by atoms with Gasteiger partial charge in [-0.25, -0.2) is 0 Å². The Morgan fingerprint density at radius 3 is 2.38 bits per heavy atom. The number of carbonyl (C=O) groups excluding carboxylic acids is 1. The molecule has 0 radical (unpaired) electrons. The molecule has 4 nitrogen and oxygen atoms in total. The summed E-state index contributed by atoms with van der Waals surface area (Å²) in [6.45, 7) is -1.94. The van der Waals surface area contributed by atoms with E-state index in [9.17, 15) is 13.6 Å². The average Bonchev–Trinajstić information content (AvgIpc) is 3.20. The highest BCUT2D eigenvalue weighted by molar-refractivity contribution is 7.07. The number of amides is 1. The molecule has 1 N–H and O–H groups in total. The number of nitrogens with zero attached hydrogens (tertiary/aromatic N) is 1. The van der Waals surface area contributed by atoms with E-state index in [-0.39, 0.29) is 24.2 Å². The van der Waals surface area contributed by atoms with Crippen molar-refractivity contribution in [3.8, 4) is 5.75 Å². The summed E-state index contributed by atoms with van der Waals surface area (Å²) < 4.78 is 29.2. The van der Waals surface area contributed by atoms with Gasteiger partial charge < -0.3 is 10.1 Å². The Hall–Kier alpha value is -2.77. The fraction of sp³-hybridized carbons (Fsp3) is 0.227. The molecule has 2 aromatic carbocycles. The van der Waals surface area contributed by atoms with E-state index < -0.39 is 6.61 Å². The van der Waals surface area contributed by atoms with Crippen LogP contribution in [0.1, 0.15) is 22.7 Å². The quantitative estimate of drug-likeness (QED) is 0.550. The molecule has 0 fully saturated rings. The molecule has 0 bridgehead atoms. The van der Waals surface area contributed by atoms with Crippen LogP contribution >= 0.6 is 11.3 Å². The van der Waals surface area contributed by atoms with Gasteiger partial charge in [-0.1, -0.05) is 42.5 Å². The summed E-state index contributed by atoms with van der Waals surface area (Å²) in [5.74, 6) is -0.0399. The van der Waals surface area contributed by atoms with Gasteiger partial charge in [0.1, 0.15) is 5.75 Å². The number of ether oxygens (including phenoxy) is 1. The molecule has 3 aromatic rings. The first-order valence-corrected chi connectivity index (χ1v) is 10.0. The first-order chi connectivity index (χ1) is 14.0. The summed E-state index contributed by atoms with van der Waals surface area (Å²) >= 11 is 1.63. The van der Waals surface area contributed by atoms with Crippen molar-refractivity contribution in [2.24, 2.45) is 0 Å². The normalized spacial score (nSPS) is 12.2. The minimum atomic E-state index is -2.87. The lowest BCUT2D eigenvalue weighted by molar-refractivity contribution is -0.122. The van der Waals surface area contributed by atoms with E-state index in [4.69, 9.17) is 0 Å². The first kappa shape index (κ1) is 21.0. The van der Waals surface area contributed by atoms with Crippen molar-refractivity contribution in [2.75, 3.05) is 13.6 Å². The number of thiophene rings is 1. The second-order valence-electron chi connectivity index (χ2n) is 6.66. The minimum Gasteiger partial charge on any atom is -0.435 e. The highest BCUT2D eigenvalue weighted by atomic mass is 32.1. The summed E-state index contributed by atoms with van der Waals surface area (Å²) in [5.41, 5.74) is 2.86. The van der Waals surface area contributed by atoms with Crippen LogP contribution in [0.5, 0.6) is 5.75 Å². The number of rotatable bonds is 9. The van der Waals surface area contributed by atoms with Gasteiger partial charge in [-0.15, -0.1) is 0 Å². The molecule has 1 aromatic heterocycles. The van der Waals surface area contributed by atoms with Crippen molar-refractivity contribution < 1.29 is 18.3 Å². The second kappa shape index (κ2) is 10.1. The summed E-state index contributed by atoms with van der Waals surface area (Å²) in [7, 11) is 1.89. The van der Waals surface area contributed by atoms with Crippen molar-refractivity contribution >= 4 is 17.2 Å². The highest BCUT2D eigenvalue weighted by Crippen LogP contribution is 2.25. The average molecular weight is 416 g/mol. The number of hydrogen-bond acceptors (Lipinski definition) is 4. The zero-order valence-electron chi connectivity index (χ0n) is 15.9. The summed E-state index contributed by atoms with van der Waals surface area (Å²) in [6, 6.07) is 17.5. The molecule has 152 valence electrons. The SMILES string of the molecule is CN(CC(=O)N[C@H](c1ccccc1)c1ccc(OC(F)F)cc1)Cc1ccsc1. The molecule has 29 heavy (non-hydrogen) atoms. The largest absolute Gasteiger partial charge is 0.435 e. The molecule has 0 aliphatic heterocycles. The Morgan fingerprint density at radius 2 is 1.76 bits per heavy atom. The van der Waals surface area contributed by atoms with E-state index in [2.05, 4.69) is 15.4 Å². The van der Waals surface area contributed by atoms with Gasteiger partial charge in [-0.2, -0.15) is 20.1 Å². The first-order valence-electron chi connectivity index (χ1n) is 9.10. The number of alkyl halides is 2. The van der Waals surface area contributed by atoms with E-state index >= 15 is 0 Å². The van der Waals surface area contributed by atoms with Crippen LogP contribution in [0, 0.1) is 0 Å². The van der Waals surface area contributed by atoms with Gasteiger partial charge in [0, 0.05) is 6.54 Å². The van der Waals surface area contributed by atoms with Crippen LogP contribution in [-0.2, 0) is 11.3 Å². The van der Waals surface area contributed by atoms with E-state index in [1.54, 1.807) is 23.5 Å². The van der Waals surface area contributed by atoms with Gasteiger partial charge in [-0.05, 0) is 52.7 Å². The summed E-state index contributed by atoms with van der Waals surface area (Å²) in [6.07, 6.45) is 0. The fourth-order valence-corrected chi connectivity index (χ4v) is 3.71. The molecule has 0 aliphatic carbocycles. The molecule has 0 saturated carbocycles. The van der Waals surface area contributed by atoms with E-state index in [1.807, 2.05) is 53.7 Å². The third-order valence-corrected chi connectivity index (χ3v) is 5.06. The van der Waals surface area contributed by atoms with Crippen LogP contribution in [0.25, 0.3) is 0 Å². The van der Waals surface area contributed by atoms with Gasteiger partial charge in [0.2, 0.25) is 5.91 Å². The maximum Gasteiger partial charge on any atom is 0.387 e. The second-order valence-corrected chi connectivity index (χ2v) is 7.44. The third kappa shape index (κ3) is 6.37. The van der Waals surface area contributed by atoms with Crippen LogP contribution in [0.2, 0.25) is 0 Å². The molecule has 0 unspecified atom stereocenters.